The maximum atomic E-state index is 13.0. The molecule has 5 nitrogen and oxygen atoms in total. The molecule has 2 heterocycles. The van der Waals surface area contributed by atoms with Gasteiger partial charge < -0.3 is 10.0 Å². The number of aromatic nitrogens is 2. The van der Waals surface area contributed by atoms with Crippen LogP contribution in [0.3, 0.4) is 0 Å². The van der Waals surface area contributed by atoms with Crippen LogP contribution in [0.5, 0.6) is 5.88 Å². The van der Waals surface area contributed by atoms with E-state index in [-0.39, 0.29) is 17.1 Å². The molecule has 0 bridgehead atoms. The molecule has 132 valence electrons. The molecule has 0 radical (unpaired) electrons. The average molecular weight is 365 g/mol. The molecule has 1 aromatic heterocycles. The average Bonchev–Trinajstić information content (AvgIpc) is 3.12. The summed E-state index contributed by atoms with van der Waals surface area (Å²) in [7, 11) is 0. The van der Waals surface area contributed by atoms with Crippen molar-refractivity contribution in [2.75, 3.05) is 10.7 Å². The Morgan fingerprint density at radius 2 is 1.58 bits per heavy atom. The zero-order valence-corrected chi connectivity index (χ0v) is 15.0. The number of rotatable bonds is 5. The summed E-state index contributed by atoms with van der Waals surface area (Å²) < 4.78 is 1.66. The van der Waals surface area contributed by atoms with E-state index in [0.29, 0.717) is 24.8 Å². The number of aromatic hydroxyl groups is 1. The largest absolute Gasteiger partial charge is 0.492 e. The Hall–Kier alpha value is -2.73. The Labute approximate surface area is 155 Å². The third-order valence-electron chi connectivity index (χ3n) is 4.39. The molecule has 1 aliphatic rings. The molecule has 0 aliphatic carbocycles. The lowest BCUT2D eigenvalue weighted by Gasteiger charge is -2.25. The summed E-state index contributed by atoms with van der Waals surface area (Å²) in [5.74, 6) is 0.616. The van der Waals surface area contributed by atoms with Gasteiger partial charge in [0.25, 0.3) is 5.56 Å². The van der Waals surface area contributed by atoms with Crippen LogP contribution in [0.25, 0.3) is 0 Å². The maximum absolute atomic E-state index is 13.0. The molecule has 6 heteroatoms. The van der Waals surface area contributed by atoms with Crippen LogP contribution in [0.4, 0.5) is 5.69 Å². The molecule has 0 unspecified atom stereocenters. The van der Waals surface area contributed by atoms with Crippen molar-refractivity contribution >= 4 is 17.4 Å². The van der Waals surface area contributed by atoms with E-state index in [2.05, 4.69) is 4.98 Å². The molecule has 0 spiro atoms. The second-order valence-electron chi connectivity index (χ2n) is 6.20. The molecule has 2 aromatic carbocycles. The van der Waals surface area contributed by atoms with E-state index in [4.69, 9.17) is 0 Å². The zero-order valence-electron chi connectivity index (χ0n) is 14.2. The van der Waals surface area contributed by atoms with Gasteiger partial charge in [-0.3, -0.25) is 9.36 Å². The van der Waals surface area contributed by atoms with Gasteiger partial charge in [0.2, 0.25) is 5.88 Å². The minimum atomic E-state index is -0.192. The van der Waals surface area contributed by atoms with Gasteiger partial charge in [0.05, 0.1) is 0 Å². The van der Waals surface area contributed by atoms with E-state index in [1.165, 1.54) is 11.8 Å². The van der Waals surface area contributed by atoms with Gasteiger partial charge in [0.15, 0.2) is 10.8 Å². The number of thioether (sulfide) groups is 1. The maximum Gasteiger partial charge on any atom is 0.281 e. The van der Waals surface area contributed by atoms with Crippen LogP contribution >= 0.6 is 11.8 Å². The van der Waals surface area contributed by atoms with E-state index >= 15 is 0 Å². The van der Waals surface area contributed by atoms with Crippen molar-refractivity contribution in [1.29, 1.82) is 0 Å². The third-order valence-corrected chi connectivity index (χ3v) is 5.34. The molecule has 0 saturated heterocycles. The second kappa shape index (κ2) is 7.25. The first-order valence-corrected chi connectivity index (χ1v) is 9.50. The highest BCUT2D eigenvalue weighted by Gasteiger charge is 2.24. The van der Waals surface area contributed by atoms with Crippen LogP contribution in [-0.4, -0.2) is 20.4 Å². The van der Waals surface area contributed by atoms with E-state index < -0.39 is 0 Å². The summed E-state index contributed by atoms with van der Waals surface area (Å²) in [5, 5.41) is 11.1. The number of hydrogen-bond donors (Lipinski definition) is 1. The van der Waals surface area contributed by atoms with Crippen molar-refractivity contribution in [3.8, 4) is 5.88 Å². The van der Waals surface area contributed by atoms with Gasteiger partial charge in [0.1, 0.15) is 0 Å². The van der Waals surface area contributed by atoms with Gasteiger partial charge in [-0.2, -0.15) is 4.98 Å². The fraction of sp³-hybridized carbons (Fsp3) is 0.200. The minimum Gasteiger partial charge on any atom is -0.492 e. The Morgan fingerprint density at radius 1 is 1.00 bits per heavy atom. The lowest BCUT2D eigenvalue weighted by Crippen LogP contribution is -2.32. The Bertz CT molecular complexity index is 917. The number of benzene rings is 2. The van der Waals surface area contributed by atoms with E-state index in [1.54, 1.807) is 4.57 Å². The first-order valence-electron chi connectivity index (χ1n) is 8.52. The molecule has 0 fully saturated rings. The zero-order chi connectivity index (χ0) is 17.9. The quantitative estimate of drug-likeness (QED) is 0.704. The monoisotopic (exact) mass is 365 g/mol. The van der Waals surface area contributed by atoms with Gasteiger partial charge in [-0.15, -0.1) is 0 Å². The second-order valence-corrected chi connectivity index (χ2v) is 7.26. The van der Waals surface area contributed by atoms with Crippen molar-refractivity contribution in [3.05, 3.63) is 82.1 Å². The van der Waals surface area contributed by atoms with Gasteiger partial charge in [-0.25, -0.2) is 0 Å². The molecule has 0 atom stereocenters. The summed E-state index contributed by atoms with van der Waals surface area (Å²) in [6.45, 7) is 1.67. The number of nitrogens with zero attached hydrogens (tertiary/aromatic N) is 3. The van der Waals surface area contributed by atoms with Crippen LogP contribution < -0.4 is 10.5 Å². The fourth-order valence-corrected chi connectivity index (χ4v) is 4.09. The Kier molecular flexibility index (Phi) is 4.67. The Balaban J connectivity index is 1.77. The van der Waals surface area contributed by atoms with Crippen molar-refractivity contribution in [2.24, 2.45) is 0 Å². The number of anilines is 1. The highest BCUT2D eigenvalue weighted by Crippen LogP contribution is 2.30. The smallest absolute Gasteiger partial charge is 0.281 e. The predicted octanol–water partition coefficient (Wildman–Crippen LogP) is 3.26. The summed E-state index contributed by atoms with van der Waals surface area (Å²) in [4.78, 5) is 19.2. The minimum absolute atomic E-state index is 0.177. The van der Waals surface area contributed by atoms with E-state index in [9.17, 15) is 9.90 Å². The lowest BCUT2D eigenvalue weighted by atomic mass is 10.1. The van der Waals surface area contributed by atoms with Crippen LogP contribution in [0, 0.1) is 0 Å². The SMILES string of the molecule is O=c1c(N(Cc2ccccc2)Cc2ccccc2)c(O)nc2n1CCS2. The van der Waals surface area contributed by atoms with Crippen molar-refractivity contribution in [1.82, 2.24) is 9.55 Å². The standard InChI is InChI=1S/C20H19N3O2S/c24-18-17(19(25)23-11-12-26-20(23)21-18)22(13-15-7-3-1-4-8-15)14-16-9-5-2-6-10-16/h1-10,24H,11-14H2. The number of hydrogen-bond acceptors (Lipinski definition) is 5. The van der Waals surface area contributed by atoms with Crippen molar-refractivity contribution in [2.45, 2.75) is 24.8 Å². The van der Waals surface area contributed by atoms with Crippen molar-refractivity contribution < 1.29 is 5.11 Å². The number of fused-ring (bicyclic) bond motifs is 1. The lowest BCUT2D eigenvalue weighted by molar-refractivity contribution is 0.434. The van der Waals surface area contributed by atoms with Crippen LogP contribution in [0.1, 0.15) is 11.1 Å². The van der Waals surface area contributed by atoms with Gasteiger partial charge >= 0.3 is 0 Å². The molecule has 1 aliphatic heterocycles. The summed E-state index contributed by atoms with van der Waals surface area (Å²) in [5.41, 5.74) is 2.23. The van der Waals surface area contributed by atoms with Crippen LogP contribution in [-0.2, 0) is 19.6 Å². The normalized spacial score (nSPS) is 12.8. The van der Waals surface area contributed by atoms with Gasteiger partial charge in [0, 0.05) is 25.4 Å². The molecule has 1 N–H and O–H groups in total. The Morgan fingerprint density at radius 3 is 2.15 bits per heavy atom. The van der Waals surface area contributed by atoms with Crippen molar-refractivity contribution in [3.63, 3.8) is 0 Å². The molecule has 26 heavy (non-hydrogen) atoms. The molecular formula is C20H19N3O2S. The first-order chi connectivity index (χ1) is 12.7. The summed E-state index contributed by atoms with van der Waals surface area (Å²) in [6.07, 6.45) is 0. The van der Waals surface area contributed by atoms with E-state index in [1.807, 2.05) is 65.6 Å². The first kappa shape index (κ1) is 16.7. The van der Waals surface area contributed by atoms with Gasteiger partial charge in [-0.05, 0) is 11.1 Å². The molecule has 0 saturated carbocycles. The predicted molar refractivity (Wildman–Crippen MR) is 104 cm³/mol. The highest BCUT2D eigenvalue weighted by atomic mass is 32.2. The molecular weight excluding hydrogens is 346 g/mol. The summed E-state index contributed by atoms with van der Waals surface area (Å²) >= 11 is 1.50. The molecule has 3 aromatic rings. The fourth-order valence-electron chi connectivity index (χ4n) is 3.15. The van der Waals surface area contributed by atoms with Crippen LogP contribution in [0.2, 0.25) is 0 Å². The van der Waals surface area contributed by atoms with E-state index in [0.717, 1.165) is 16.9 Å². The topological polar surface area (TPSA) is 58.4 Å². The molecule has 4 rings (SSSR count). The highest BCUT2D eigenvalue weighted by molar-refractivity contribution is 7.99. The third kappa shape index (κ3) is 3.32. The summed E-state index contributed by atoms with van der Waals surface area (Å²) in [6, 6.07) is 19.9. The molecule has 0 amide bonds. The van der Waals surface area contributed by atoms with Crippen LogP contribution in [0.15, 0.2) is 70.6 Å². The van der Waals surface area contributed by atoms with Gasteiger partial charge in [-0.1, -0.05) is 72.4 Å².